The monoisotopic (exact) mass is 381 g/mol. The van der Waals surface area contributed by atoms with Gasteiger partial charge in [0.2, 0.25) is 5.75 Å². The highest BCUT2D eigenvalue weighted by Crippen LogP contribution is 2.44. The number of H-pyrrole nitrogens is 1. The van der Waals surface area contributed by atoms with Crippen LogP contribution in [0.2, 0.25) is 0 Å². The van der Waals surface area contributed by atoms with Crippen LogP contribution < -0.4 is 14.2 Å². The molecule has 0 saturated carbocycles. The lowest BCUT2D eigenvalue weighted by atomic mass is 10.1. The first kappa shape index (κ1) is 17.4. The predicted molar refractivity (Wildman–Crippen MR) is 106 cm³/mol. The maximum absolute atomic E-state index is 5.46. The Hall–Kier alpha value is -2.99. The summed E-state index contributed by atoms with van der Waals surface area (Å²) < 4.78 is 21.5. The van der Waals surface area contributed by atoms with Gasteiger partial charge in [-0.05, 0) is 35.9 Å². The Balaban J connectivity index is 1.74. The molecular weight excluding hydrogens is 362 g/mol. The molecule has 2 heterocycles. The molecule has 2 aromatic carbocycles. The largest absolute Gasteiger partial charge is 0.493 e. The molecule has 0 atom stereocenters. The van der Waals surface area contributed by atoms with E-state index in [1.165, 1.54) is 0 Å². The molecule has 0 radical (unpaired) electrons. The van der Waals surface area contributed by atoms with E-state index in [9.17, 15) is 0 Å². The van der Waals surface area contributed by atoms with Gasteiger partial charge < -0.3 is 23.6 Å². The summed E-state index contributed by atoms with van der Waals surface area (Å²) in [5.74, 6) is 1.86. The first-order valence-electron chi connectivity index (χ1n) is 8.35. The molecule has 0 amide bonds. The topological polar surface area (TPSA) is 56.6 Å². The molecule has 0 aliphatic carbocycles. The van der Waals surface area contributed by atoms with Gasteiger partial charge in [-0.1, -0.05) is 17.8 Å². The van der Waals surface area contributed by atoms with Gasteiger partial charge in [0.25, 0.3) is 0 Å². The number of furan rings is 1. The second kappa shape index (κ2) is 7.32. The third-order valence-corrected chi connectivity index (χ3v) is 5.39. The van der Waals surface area contributed by atoms with Gasteiger partial charge in [-0.2, -0.15) is 0 Å². The SMILES string of the molecule is COc1cc(Sc2c[nH]c3ccc(-c4ccoc4)cc23)cc(OC)c1OC. The Morgan fingerprint density at radius 2 is 1.67 bits per heavy atom. The number of methoxy groups -OCH3 is 3. The zero-order valence-electron chi connectivity index (χ0n) is 15.2. The molecule has 2 aromatic heterocycles. The van der Waals surface area contributed by atoms with Gasteiger partial charge in [0.05, 0.1) is 33.9 Å². The van der Waals surface area contributed by atoms with Crippen molar-refractivity contribution < 1.29 is 18.6 Å². The van der Waals surface area contributed by atoms with Crippen LogP contribution in [0.5, 0.6) is 17.2 Å². The minimum Gasteiger partial charge on any atom is -0.493 e. The van der Waals surface area contributed by atoms with Crippen LogP contribution in [0.4, 0.5) is 0 Å². The highest BCUT2D eigenvalue weighted by Gasteiger charge is 2.15. The van der Waals surface area contributed by atoms with E-state index in [1.807, 2.05) is 24.4 Å². The average molecular weight is 381 g/mol. The minimum absolute atomic E-state index is 0.588. The van der Waals surface area contributed by atoms with Gasteiger partial charge >= 0.3 is 0 Å². The van der Waals surface area contributed by atoms with Crippen LogP contribution in [0, 0.1) is 0 Å². The summed E-state index contributed by atoms with van der Waals surface area (Å²) in [5, 5.41) is 1.15. The third kappa shape index (κ3) is 3.24. The lowest BCUT2D eigenvalue weighted by Crippen LogP contribution is -1.95. The summed E-state index contributed by atoms with van der Waals surface area (Å²) in [6, 6.07) is 12.2. The van der Waals surface area contributed by atoms with Gasteiger partial charge in [-0.3, -0.25) is 0 Å². The molecule has 6 heteroatoms. The molecule has 27 heavy (non-hydrogen) atoms. The van der Waals surface area contributed by atoms with Crippen LogP contribution in [0.3, 0.4) is 0 Å². The molecule has 5 nitrogen and oxygen atoms in total. The van der Waals surface area contributed by atoms with E-state index in [4.69, 9.17) is 18.6 Å². The van der Waals surface area contributed by atoms with Crippen LogP contribution in [0.1, 0.15) is 0 Å². The normalized spacial score (nSPS) is 10.9. The van der Waals surface area contributed by atoms with Gasteiger partial charge in [-0.25, -0.2) is 0 Å². The lowest BCUT2D eigenvalue weighted by Gasteiger charge is -2.13. The Kier molecular flexibility index (Phi) is 4.73. The molecule has 4 aromatic rings. The molecule has 0 bridgehead atoms. The Bertz CT molecular complexity index is 1040. The molecule has 0 fully saturated rings. The highest BCUT2D eigenvalue weighted by molar-refractivity contribution is 7.99. The minimum atomic E-state index is 0.588. The lowest BCUT2D eigenvalue weighted by molar-refractivity contribution is 0.323. The van der Waals surface area contributed by atoms with E-state index < -0.39 is 0 Å². The molecule has 0 saturated heterocycles. The van der Waals surface area contributed by atoms with Crippen molar-refractivity contribution in [2.45, 2.75) is 9.79 Å². The van der Waals surface area contributed by atoms with Crippen molar-refractivity contribution in [3.8, 4) is 28.4 Å². The highest BCUT2D eigenvalue weighted by atomic mass is 32.2. The number of nitrogens with one attached hydrogen (secondary N) is 1. The van der Waals surface area contributed by atoms with Crippen molar-refractivity contribution in [2.75, 3.05) is 21.3 Å². The molecule has 1 N–H and O–H groups in total. The molecule has 0 spiro atoms. The molecule has 0 unspecified atom stereocenters. The van der Waals surface area contributed by atoms with Crippen molar-refractivity contribution in [3.05, 3.63) is 55.1 Å². The van der Waals surface area contributed by atoms with Gasteiger partial charge in [0, 0.05) is 32.5 Å². The molecular formula is C21H19NO4S. The van der Waals surface area contributed by atoms with Crippen molar-refractivity contribution in [1.29, 1.82) is 0 Å². The Labute approximate surface area is 161 Å². The summed E-state index contributed by atoms with van der Waals surface area (Å²) >= 11 is 1.64. The van der Waals surface area contributed by atoms with E-state index in [0.717, 1.165) is 31.8 Å². The fourth-order valence-corrected chi connectivity index (χ4v) is 4.01. The molecule has 4 rings (SSSR count). The number of rotatable bonds is 6. The van der Waals surface area contributed by atoms with Gasteiger partial charge in [0.1, 0.15) is 0 Å². The summed E-state index contributed by atoms with van der Waals surface area (Å²) in [6.45, 7) is 0. The van der Waals surface area contributed by atoms with Crippen LogP contribution in [-0.4, -0.2) is 26.3 Å². The zero-order chi connectivity index (χ0) is 18.8. The van der Waals surface area contributed by atoms with Gasteiger partial charge in [0.15, 0.2) is 11.5 Å². The molecule has 0 aliphatic rings. The number of aromatic amines is 1. The van der Waals surface area contributed by atoms with Crippen molar-refractivity contribution in [3.63, 3.8) is 0 Å². The van der Waals surface area contributed by atoms with E-state index in [1.54, 1.807) is 45.6 Å². The Morgan fingerprint density at radius 3 is 2.30 bits per heavy atom. The van der Waals surface area contributed by atoms with E-state index in [0.29, 0.717) is 17.2 Å². The van der Waals surface area contributed by atoms with Crippen molar-refractivity contribution >= 4 is 22.7 Å². The molecule has 138 valence electrons. The second-order valence-electron chi connectivity index (χ2n) is 5.89. The number of ether oxygens (including phenoxy) is 3. The first-order chi connectivity index (χ1) is 13.2. The summed E-state index contributed by atoms with van der Waals surface area (Å²) in [7, 11) is 4.84. The zero-order valence-corrected chi connectivity index (χ0v) is 16.1. The van der Waals surface area contributed by atoms with Gasteiger partial charge in [-0.15, -0.1) is 0 Å². The number of hydrogen-bond acceptors (Lipinski definition) is 5. The summed E-state index contributed by atoms with van der Waals surface area (Å²) in [5.41, 5.74) is 3.25. The van der Waals surface area contributed by atoms with Crippen LogP contribution in [0.25, 0.3) is 22.0 Å². The van der Waals surface area contributed by atoms with E-state index in [-0.39, 0.29) is 0 Å². The van der Waals surface area contributed by atoms with E-state index in [2.05, 4.69) is 23.2 Å². The van der Waals surface area contributed by atoms with Crippen molar-refractivity contribution in [1.82, 2.24) is 4.98 Å². The van der Waals surface area contributed by atoms with Crippen LogP contribution in [-0.2, 0) is 0 Å². The second-order valence-corrected chi connectivity index (χ2v) is 7.00. The standard InChI is InChI=1S/C21H19NO4S/c1-23-18-9-15(10-19(24-2)21(18)25-3)27-20-11-22-17-5-4-13(8-16(17)20)14-6-7-26-12-14/h4-12,22H,1-3H3. The van der Waals surface area contributed by atoms with Crippen LogP contribution in [0.15, 0.2) is 69.3 Å². The molecule has 0 aliphatic heterocycles. The quantitative estimate of drug-likeness (QED) is 0.471. The summed E-state index contributed by atoms with van der Waals surface area (Å²) in [6.07, 6.45) is 5.44. The predicted octanol–water partition coefficient (Wildman–Crippen LogP) is 5.60. The Morgan fingerprint density at radius 1 is 0.889 bits per heavy atom. The average Bonchev–Trinajstić information content (AvgIpc) is 3.37. The maximum Gasteiger partial charge on any atom is 0.203 e. The van der Waals surface area contributed by atoms with E-state index >= 15 is 0 Å². The smallest absolute Gasteiger partial charge is 0.203 e. The summed E-state index contributed by atoms with van der Waals surface area (Å²) in [4.78, 5) is 5.44. The van der Waals surface area contributed by atoms with Crippen LogP contribution >= 0.6 is 11.8 Å². The number of aromatic nitrogens is 1. The maximum atomic E-state index is 5.46. The number of hydrogen-bond donors (Lipinski definition) is 1. The fourth-order valence-electron chi connectivity index (χ4n) is 3.03. The van der Waals surface area contributed by atoms with Crippen molar-refractivity contribution in [2.24, 2.45) is 0 Å². The number of fused-ring (bicyclic) bond motifs is 1. The first-order valence-corrected chi connectivity index (χ1v) is 9.16. The fraction of sp³-hybridized carbons (Fsp3) is 0.143. The third-order valence-electron chi connectivity index (χ3n) is 4.36. The number of benzene rings is 2.